The molecule has 0 spiro atoms. The molecule has 4 N–H and O–H groups in total. The summed E-state index contributed by atoms with van der Waals surface area (Å²) in [4.78, 5) is 18.1. The van der Waals surface area contributed by atoms with Gasteiger partial charge >= 0.3 is 0 Å². The van der Waals surface area contributed by atoms with Crippen molar-refractivity contribution in [3.05, 3.63) is 24.2 Å². The third kappa shape index (κ3) is 3.33. The molecule has 1 amide bonds. The summed E-state index contributed by atoms with van der Waals surface area (Å²) in [5.41, 5.74) is 10.9. The molecule has 1 aromatic heterocycles. The lowest BCUT2D eigenvalue weighted by Crippen LogP contribution is -2.07. The van der Waals surface area contributed by atoms with Crippen LogP contribution in [0.1, 0.15) is 12.1 Å². The lowest BCUT2D eigenvalue weighted by molar-refractivity contribution is -0.117. The first-order chi connectivity index (χ1) is 6.18. The lowest BCUT2D eigenvalue weighted by Gasteiger charge is -1.92. The zero-order chi connectivity index (χ0) is 9.68. The summed E-state index contributed by atoms with van der Waals surface area (Å²) in [6.07, 6.45) is 6.46. The van der Waals surface area contributed by atoms with Gasteiger partial charge in [0.25, 0.3) is 0 Å². The molecule has 0 atom stereocenters. The highest BCUT2D eigenvalue weighted by Crippen LogP contribution is 1.98. The molecular weight excluding hydrogens is 168 g/mol. The van der Waals surface area contributed by atoms with Crippen molar-refractivity contribution in [2.45, 2.75) is 6.42 Å². The van der Waals surface area contributed by atoms with E-state index in [1.54, 1.807) is 12.2 Å². The van der Waals surface area contributed by atoms with Gasteiger partial charge in [0, 0.05) is 6.42 Å². The number of rotatable bonds is 3. The van der Waals surface area contributed by atoms with E-state index < -0.39 is 0 Å². The molecule has 0 aliphatic heterocycles. The Kier molecular flexibility index (Phi) is 2.97. The quantitative estimate of drug-likeness (QED) is 0.678. The molecule has 1 aromatic rings. The van der Waals surface area contributed by atoms with Gasteiger partial charge in [0.1, 0.15) is 5.82 Å². The van der Waals surface area contributed by atoms with E-state index in [-0.39, 0.29) is 12.3 Å². The number of aromatic nitrogens is 2. The number of hydrogen-bond acceptors (Lipinski definition) is 4. The smallest absolute Gasteiger partial charge is 0.221 e. The third-order valence-corrected chi connectivity index (χ3v) is 1.30. The molecular formula is C8H10N4O. The number of anilines is 1. The standard InChI is InChI=1S/C8H10N4O/c9-7-5-11-6(4-12-7)2-1-3-8(10)13/h1-2,4-5H,3H2,(H2,9,12)(H2,10,13). The molecule has 68 valence electrons. The second-order valence-corrected chi connectivity index (χ2v) is 2.44. The minimum absolute atomic E-state index is 0.200. The topological polar surface area (TPSA) is 94.9 Å². The summed E-state index contributed by atoms with van der Waals surface area (Å²) in [7, 11) is 0. The van der Waals surface area contributed by atoms with E-state index in [0.29, 0.717) is 11.5 Å². The lowest BCUT2D eigenvalue weighted by atomic mass is 10.3. The summed E-state index contributed by atoms with van der Waals surface area (Å²) in [6.45, 7) is 0. The Morgan fingerprint density at radius 1 is 1.46 bits per heavy atom. The number of nitrogens with zero attached hydrogens (tertiary/aromatic N) is 2. The number of amides is 1. The zero-order valence-electron chi connectivity index (χ0n) is 6.97. The van der Waals surface area contributed by atoms with Gasteiger partial charge in [-0.1, -0.05) is 6.08 Å². The van der Waals surface area contributed by atoms with E-state index >= 15 is 0 Å². The molecule has 0 saturated heterocycles. The van der Waals surface area contributed by atoms with Crippen LogP contribution in [0, 0.1) is 0 Å². The first-order valence-electron chi connectivity index (χ1n) is 3.71. The van der Waals surface area contributed by atoms with E-state index in [0.717, 1.165) is 0 Å². The van der Waals surface area contributed by atoms with E-state index in [4.69, 9.17) is 11.5 Å². The van der Waals surface area contributed by atoms with Crippen LogP contribution in [0.15, 0.2) is 18.5 Å². The molecule has 5 nitrogen and oxygen atoms in total. The first kappa shape index (κ1) is 9.18. The van der Waals surface area contributed by atoms with Crippen LogP contribution in [-0.2, 0) is 4.79 Å². The molecule has 1 heterocycles. The van der Waals surface area contributed by atoms with Crippen LogP contribution < -0.4 is 11.5 Å². The maximum Gasteiger partial charge on any atom is 0.221 e. The highest BCUT2D eigenvalue weighted by Gasteiger charge is 1.90. The molecule has 0 fully saturated rings. The van der Waals surface area contributed by atoms with Crippen molar-refractivity contribution in [1.29, 1.82) is 0 Å². The van der Waals surface area contributed by atoms with E-state index in [9.17, 15) is 4.79 Å². The van der Waals surface area contributed by atoms with Crippen molar-refractivity contribution < 1.29 is 4.79 Å². The highest BCUT2D eigenvalue weighted by molar-refractivity contribution is 5.76. The molecule has 0 aliphatic rings. The zero-order valence-corrected chi connectivity index (χ0v) is 6.97. The van der Waals surface area contributed by atoms with Crippen LogP contribution in [0.25, 0.3) is 6.08 Å². The molecule has 0 radical (unpaired) electrons. The summed E-state index contributed by atoms with van der Waals surface area (Å²) < 4.78 is 0. The average molecular weight is 178 g/mol. The summed E-state index contributed by atoms with van der Waals surface area (Å²) >= 11 is 0. The normalized spacial score (nSPS) is 10.5. The van der Waals surface area contributed by atoms with E-state index in [2.05, 4.69) is 9.97 Å². The van der Waals surface area contributed by atoms with Gasteiger partial charge in [-0.05, 0) is 6.08 Å². The van der Waals surface area contributed by atoms with Crippen molar-refractivity contribution in [3.63, 3.8) is 0 Å². The van der Waals surface area contributed by atoms with Crippen LogP contribution >= 0.6 is 0 Å². The molecule has 0 bridgehead atoms. The van der Waals surface area contributed by atoms with Gasteiger partial charge in [-0.3, -0.25) is 9.78 Å². The van der Waals surface area contributed by atoms with Gasteiger partial charge in [-0.25, -0.2) is 4.98 Å². The predicted octanol–water partition coefficient (Wildman–Crippen LogP) is -0.0526. The SMILES string of the molecule is NC(=O)CC=Cc1cnc(N)cn1. The highest BCUT2D eigenvalue weighted by atomic mass is 16.1. The van der Waals surface area contributed by atoms with Crippen LogP contribution in [0.5, 0.6) is 0 Å². The number of primary amides is 1. The van der Waals surface area contributed by atoms with Crippen molar-refractivity contribution in [2.24, 2.45) is 5.73 Å². The number of carbonyl (C=O) groups is 1. The molecule has 0 aromatic carbocycles. The van der Waals surface area contributed by atoms with Crippen molar-refractivity contribution in [2.75, 3.05) is 5.73 Å². The molecule has 5 heteroatoms. The van der Waals surface area contributed by atoms with E-state index in [1.165, 1.54) is 12.4 Å². The summed E-state index contributed by atoms with van der Waals surface area (Å²) in [6, 6.07) is 0. The Hall–Kier alpha value is -1.91. The van der Waals surface area contributed by atoms with Crippen molar-refractivity contribution in [3.8, 4) is 0 Å². The molecule has 0 aliphatic carbocycles. The predicted molar refractivity (Wildman–Crippen MR) is 49.3 cm³/mol. The first-order valence-corrected chi connectivity index (χ1v) is 3.71. The van der Waals surface area contributed by atoms with Gasteiger partial charge in [-0.15, -0.1) is 0 Å². The Morgan fingerprint density at radius 3 is 2.77 bits per heavy atom. The monoisotopic (exact) mass is 178 g/mol. The average Bonchev–Trinajstić information content (AvgIpc) is 2.08. The maximum atomic E-state index is 10.4. The van der Waals surface area contributed by atoms with Crippen molar-refractivity contribution in [1.82, 2.24) is 9.97 Å². The van der Waals surface area contributed by atoms with Gasteiger partial charge in [0.15, 0.2) is 0 Å². The van der Waals surface area contributed by atoms with Gasteiger partial charge in [-0.2, -0.15) is 0 Å². The molecule has 13 heavy (non-hydrogen) atoms. The number of hydrogen-bond donors (Lipinski definition) is 2. The fraction of sp³-hybridized carbons (Fsp3) is 0.125. The second-order valence-electron chi connectivity index (χ2n) is 2.44. The largest absolute Gasteiger partial charge is 0.382 e. The minimum Gasteiger partial charge on any atom is -0.382 e. The Balaban J connectivity index is 2.59. The van der Waals surface area contributed by atoms with Crippen LogP contribution in [0.3, 0.4) is 0 Å². The van der Waals surface area contributed by atoms with Crippen LogP contribution in [-0.4, -0.2) is 15.9 Å². The summed E-state index contributed by atoms with van der Waals surface area (Å²) in [5, 5.41) is 0. The fourth-order valence-corrected chi connectivity index (χ4v) is 0.730. The number of nitrogens with two attached hydrogens (primary N) is 2. The molecule has 0 unspecified atom stereocenters. The number of carbonyl (C=O) groups excluding carboxylic acids is 1. The summed E-state index contributed by atoms with van der Waals surface area (Å²) in [5.74, 6) is -0.00768. The maximum absolute atomic E-state index is 10.4. The van der Waals surface area contributed by atoms with Crippen LogP contribution in [0.4, 0.5) is 5.82 Å². The number of nitrogen functional groups attached to an aromatic ring is 1. The van der Waals surface area contributed by atoms with Crippen LogP contribution in [0.2, 0.25) is 0 Å². The van der Waals surface area contributed by atoms with Gasteiger partial charge in [0.2, 0.25) is 5.91 Å². The molecule has 1 rings (SSSR count). The minimum atomic E-state index is -0.375. The Morgan fingerprint density at radius 2 is 2.23 bits per heavy atom. The van der Waals surface area contributed by atoms with Crippen molar-refractivity contribution >= 4 is 17.8 Å². The van der Waals surface area contributed by atoms with E-state index in [1.807, 2.05) is 0 Å². The Labute approximate surface area is 75.5 Å². The third-order valence-electron chi connectivity index (χ3n) is 1.30. The molecule has 0 saturated carbocycles. The fourth-order valence-electron chi connectivity index (χ4n) is 0.730. The Bertz CT molecular complexity index is 317. The second kappa shape index (κ2) is 4.20. The van der Waals surface area contributed by atoms with Gasteiger partial charge < -0.3 is 11.5 Å². The van der Waals surface area contributed by atoms with Gasteiger partial charge in [0.05, 0.1) is 18.1 Å².